The quantitative estimate of drug-likeness (QED) is 0.753. The van der Waals surface area contributed by atoms with Gasteiger partial charge in [0.15, 0.2) is 0 Å². The zero-order chi connectivity index (χ0) is 19.2. The molecule has 5 nitrogen and oxygen atoms in total. The van der Waals surface area contributed by atoms with Gasteiger partial charge in [0, 0.05) is 42.4 Å². The molecule has 3 rings (SSSR count). The maximum atomic E-state index is 12.6. The Bertz CT molecular complexity index is 789. The molecular weight excluding hydrogens is 362 g/mol. The number of nitrogens with zero attached hydrogens (tertiary/aromatic N) is 3. The summed E-state index contributed by atoms with van der Waals surface area (Å²) in [5, 5.41) is 0.651. The Morgan fingerprint density at radius 1 is 1.26 bits per heavy atom. The van der Waals surface area contributed by atoms with Crippen LogP contribution in [0, 0.1) is 6.92 Å². The summed E-state index contributed by atoms with van der Waals surface area (Å²) in [6, 6.07) is 7.54. The normalized spacial score (nSPS) is 15.1. The van der Waals surface area contributed by atoms with Crippen molar-refractivity contribution in [3.8, 4) is 0 Å². The number of halogens is 1. The topological polar surface area (TPSA) is 55.3 Å². The number of hydrogen-bond donors (Lipinski definition) is 0. The summed E-state index contributed by atoms with van der Waals surface area (Å²) in [7, 11) is 0. The molecule has 6 heteroatoms. The first-order valence-electron chi connectivity index (χ1n) is 9.49. The predicted molar refractivity (Wildman–Crippen MR) is 106 cm³/mol. The van der Waals surface area contributed by atoms with E-state index in [1.54, 1.807) is 0 Å². The number of ether oxygens (including phenoxy) is 1. The molecule has 0 bridgehead atoms. The van der Waals surface area contributed by atoms with Crippen LogP contribution < -0.4 is 0 Å². The lowest BCUT2D eigenvalue weighted by Gasteiger charge is -2.32. The highest BCUT2D eigenvalue weighted by Crippen LogP contribution is 2.30. The van der Waals surface area contributed by atoms with Crippen LogP contribution in [0.2, 0.25) is 5.02 Å². The standard InChI is InChI=1S/C21H26ClN3O2/c1-3-27-14-18-13-23-15(2)24-21(18)16-8-10-25(11-9-16)20(26)12-17-6-4-5-7-19(17)22/h4-7,13,16H,3,8-12,14H2,1-2H3. The van der Waals surface area contributed by atoms with Gasteiger partial charge >= 0.3 is 0 Å². The number of hydrogen-bond acceptors (Lipinski definition) is 4. The van der Waals surface area contributed by atoms with Crippen LogP contribution in [0.25, 0.3) is 0 Å². The Balaban J connectivity index is 1.63. The van der Waals surface area contributed by atoms with Crippen molar-refractivity contribution >= 4 is 17.5 Å². The summed E-state index contributed by atoms with van der Waals surface area (Å²) in [5.41, 5.74) is 3.02. The molecule has 2 aromatic rings. The molecule has 27 heavy (non-hydrogen) atoms. The van der Waals surface area contributed by atoms with Gasteiger partial charge in [0.1, 0.15) is 5.82 Å². The smallest absolute Gasteiger partial charge is 0.227 e. The average molecular weight is 388 g/mol. The number of rotatable bonds is 6. The van der Waals surface area contributed by atoms with Crippen LogP contribution >= 0.6 is 11.6 Å². The third kappa shape index (κ3) is 5.05. The molecule has 0 N–H and O–H groups in total. The fraction of sp³-hybridized carbons (Fsp3) is 0.476. The highest BCUT2D eigenvalue weighted by molar-refractivity contribution is 6.31. The third-order valence-electron chi connectivity index (χ3n) is 5.01. The monoisotopic (exact) mass is 387 g/mol. The van der Waals surface area contributed by atoms with Gasteiger partial charge in [-0.2, -0.15) is 0 Å². The minimum atomic E-state index is 0.134. The second-order valence-electron chi connectivity index (χ2n) is 6.89. The molecule has 0 unspecified atom stereocenters. The van der Waals surface area contributed by atoms with Gasteiger partial charge in [-0.1, -0.05) is 29.8 Å². The first-order chi connectivity index (χ1) is 13.1. The second-order valence-corrected chi connectivity index (χ2v) is 7.30. The van der Waals surface area contributed by atoms with Gasteiger partial charge in [-0.25, -0.2) is 9.97 Å². The molecule has 1 aliphatic heterocycles. The number of likely N-dealkylation sites (tertiary alicyclic amines) is 1. The highest BCUT2D eigenvalue weighted by Gasteiger charge is 2.26. The molecule has 0 aliphatic carbocycles. The number of amides is 1. The van der Waals surface area contributed by atoms with Gasteiger partial charge in [0.05, 0.1) is 18.7 Å². The van der Waals surface area contributed by atoms with E-state index in [-0.39, 0.29) is 5.91 Å². The van der Waals surface area contributed by atoms with Crippen molar-refractivity contribution in [3.63, 3.8) is 0 Å². The fourth-order valence-corrected chi connectivity index (χ4v) is 3.71. The fourth-order valence-electron chi connectivity index (χ4n) is 3.51. The summed E-state index contributed by atoms with van der Waals surface area (Å²) < 4.78 is 5.57. The molecule has 1 aromatic heterocycles. The van der Waals surface area contributed by atoms with E-state index in [4.69, 9.17) is 16.3 Å². The van der Waals surface area contributed by atoms with E-state index >= 15 is 0 Å². The summed E-state index contributed by atoms with van der Waals surface area (Å²) in [6.45, 7) is 6.59. The maximum Gasteiger partial charge on any atom is 0.227 e. The summed E-state index contributed by atoms with van der Waals surface area (Å²) >= 11 is 6.19. The minimum absolute atomic E-state index is 0.134. The van der Waals surface area contributed by atoms with Crippen molar-refractivity contribution in [2.45, 2.75) is 45.6 Å². The van der Waals surface area contributed by atoms with Crippen LogP contribution in [0.4, 0.5) is 0 Å². The van der Waals surface area contributed by atoms with Crippen molar-refractivity contribution < 1.29 is 9.53 Å². The molecule has 144 valence electrons. The lowest BCUT2D eigenvalue weighted by atomic mass is 9.90. The Morgan fingerprint density at radius 3 is 2.70 bits per heavy atom. The molecule has 0 atom stereocenters. The summed E-state index contributed by atoms with van der Waals surface area (Å²) in [6.07, 6.45) is 4.04. The Kier molecular flexibility index (Phi) is 6.80. The largest absolute Gasteiger partial charge is 0.377 e. The SMILES string of the molecule is CCOCc1cnc(C)nc1C1CCN(C(=O)Cc2ccccc2Cl)CC1. The van der Waals surface area contributed by atoms with E-state index in [0.29, 0.717) is 30.6 Å². The van der Waals surface area contributed by atoms with E-state index in [9.17, 15) is 4.79 Å². The zero-order valence-electron chi connectivity index (χ0n) is 15.9. The predicted octanol–water partition coefficient (Wildman–Crippen LogP) is 3.92. The van der Waals surface area contributed by atoms with E-state index in [2.05, 4.69) is 9.97 Å². The molecule has 1 amide bonds. The third-order valence-corrected chi connectivity index (χ3v) is 5.38. The highest BCUT2D eigenvalue weighted by atomic mass is 35.5. The number of benzene rings is 1. The molecule has 1 saturated heterocycles. The van der Waals surface area contributed by atoms with Crippen LogP contribution in [0.1, 0.15) is 48.3 Å². The van der Waals surface area contributed by atoms with Crippen LogP contribution in [0.3, 0.4) is 0 Å². The molecule has 0 saturated carbocycles. The second kappa shape index (κ2) is 9.29. The van der Waals surface area contributed by atoms with Crippen molar-refractivity contribution in [2.75, 3.05) is 19.7 Å². The Hall–Kier alpha value is -1.98. The van der Waals surface area contributed by atoms with E-state index in [0.717, 1.165) is 48.6 Å². The zero-order valence-corrected chi connectivity index (χ0v) is 16.7. The van der Waals surface area contributed by atoms with Crippen LogP contribution in [0.15, 0.2) is 30.5 Å². The molecule has 1 aliphatic rings. The number of aromatic nitrogens is 2. The molecular formula is C21H26ClN3O2. The first kappa shape index (κ1) is 19.8. The Labute approximate surface area is 165 Å². The van der Waals surface area contributed by atoms with Gasteiger partial charge in [-0.3, -0.25) is 4.79 Å². The summed E-state index contributed by atoms with van der Waals surface area (Å²) in [4.78, 5) is 23.6. The Morgan fingerprint density at radius 2 is 2.00 bits per heavy atom. The van der Waals surface area contributed by atoms with Gasteiger partial charge in [0.25, 0.3) is 0 Å². The average Bonchev–Trinajstić information content (AvgIpc) is 2.69. The van der Waals surface area contributed by atoms with Gasteiger partial charge in [-0.15, -0.1) is 0 Å². The number of aryl methyl sites for hydroxylation is 1. The van der Waals surface area contributed by atoms with Crippen LogP contribution in [0.5, 0.6) is 0 Å². The number of carbonyl (C=O) groups excluding carboxylic acids is 1. The lowest BCUT2D eigenvalue weighted by Crippen LogP contribution is -2.39. The van der Waals surface area contributed by atoms with Crippen molar-refractivity contribution in [3.05, 3.63) is 58.1 Å². The molecule has 2 heterocycles. The van der Waals surface area contributed by atoms with Crippen molar-refractivity contribution in [2.24, 2.45) is 0 Å². The van der Waals surface area contributed by atoms with Crippen LogP contribution in [-0.4, -0.2) is 40.5 Å². The molecule has 0 radical (unpaired) electrons. The van der Waals surface area contributed by atoms with Gasteiger partial charge in [-0.05, 0) is 38.3 Å². The lowest BCUT2D eigenvalue weighted by molar-refractivity contribution is -0.131. The number of piperidine rings is 1. The van der Waals surface area contributed by atoms with Crippen LogP contribution in [-0.2, 0) is 22.6 Å². The molecule has 1 aromatic carbocycles. The summed E-state index contributed by atoms with van der Waals surface area (Å²) in [5.74, 6) is 1.25. The molecule has 0 spiro atoms. The van der Waals surface area contributed by atoms with Gasteiger partial charge in [0.2, 0.25) is 5.91 Å². The van der Waals surface area contributed by atoms with E-state index in [1.807, 2.05) is 49.2 Å². The van der Waals surface area contributed by atoms with E-state index < -0.39 is 0 Å². The number of carbonyl (C=O) groups is 1. The maximum absolute atomic E-state index is 12.6. The molecule has 1 fully saturated rings. The van der Waals surface area contributed by atoms with Crippen molar-refractivity contribution in [1.82, 2.24) is 14.9 Å². The minimum Gasteiger partial charge on any atom is -0.377 e. The van der Waals surface area contributed by atoms with Crippen molar-refractivity contribution in [1.29, 1.82) is 0 Å². The van der Waals surface area contributed by atoms with E-state index in [1.165, 1.54) is 0 Å². The first-order valence-corrected chi connectivity index (χ1v) is 9.87. The van der Waals surface area contributed by atoms with Gasteiger partial charge < -0.3 is 9.64 Å².